The summed E-state index contributed by atoms with van der Waals surface area (Å²) in [7, 11) is 1.75. The van der Waals surface area contributed by atoms with Crippen LogP contribution in [-0.4, -0.2) is 47.6 Å². The standard InChI is InChI=1S/C18H27N3O2/c1-12(2)15-19-6-13(7-20-15)16(22)21-8-14-17(3,4)9-18(14,10-21)11-23-5/h6-7,12,14H,8-11H2,1-5H3/t14-,18-/m1/s1. The van der Waals surface area contributed by atoms with Gasteiger partial charge in [0.25, 0.3) is 5.91 Å². The summed E-state index contributed by atoms with van der Waals surface area (Å²) in [4.78, 5) is 23.4. The number of carbonyl (C=O) groups is 1. The van der Waals surface area contributed by atoms with Crippen LogP contribution in [-0.2, 0) is 4.74 Å². The molecule has 5 nitrogen and oxygen atoms in total. The van der Waals surface area contributed by atoms with Gasteiger partial charge >= 0.3 is 0 Å². The molecule has 126 valence electrons. The maximum Gasteiger partial charge on any atom is 0.257 e. The number of carbonyl (C=O) groups excluding carboxylic acids is 1. The van der Waals surface area contributed by atoms with Gasteiger partial charge in [0.05, 0.1) is 12.2 Å². The summed E-state index contributed by atoms with van der Waals surface area (Å²) in [5.41, 5.74) is 0.999. The lowest BCUT2D eigenvalue weighted by Gasteiger charge is -2.56. The van der Waals surface area contributed by atoms with Gasteiger partial charge in [0.15, 0.2) is 0 Å². The molecule has 0 radical (unpaired) electrons. The summed E-state index contributed by atoms with van der Waals surface area (Å²) in [6, 6.07) is 0. The summed E-state index contributed by atoms with van der Waals surface area (Å²) in [5, 5.41) is 0. The summed E-state index contributed by atoms with van der Waals surface area (Å²) in [5.74, 6) is 1.60. The Balaban J connectivity index is 1.76. The zero-order valence-electron chi connectivity index (χ0n) is 14.8. The van der Waals surface area contributed by atoms with E-state index >= 15 is 0 Å². The first-order valence-electron chi connectivity index (χ1n) is 8.39. The minimum atomic E-state index is 0.0426. The lowest BCUT2D eigenvalue weighted by Crippen LogP contribution is -2.55. The number of rotatable bonds is 4. The first kappa shape index (κ1) is 16.4. The summed E-state index contributed by atoms with van der Waals surface area (Å²) in [6.45, 7) is 11.0. The van der Waals surface area contributed by atoms with E-state index < -0.39 is 0 Å². The van der Waals surface area contributed by atoms with Gasteiger partial charge in [-0.25, -0.2) is 9.97 Å². The molecular formula is C18H27N3O2. The molecule has 2 aliphatic rings. The number of hydrogen-bond donors (Lipinski definition) is 0. The minimum absolute atomic E-state index is 0.0426. The zero-order valence-corrected chi connectivity index (χ0v) is 14.8. The first-order chi connectivity index (χ1) is 10.8. The van der Waals surface area contributed by atoms with Crippen LogP contribution in [0.1, 0.15) is 56.2 Å². The van der Waals surface area contributed by atoms with Crippen LogP contribution >= 0.6 is 0 Å². The van der Waals surface area contributed by atoms with Crippen molar-refractivity contribution in [1.29, 1.82) is 0 Å². The molecule has 0 unspecified atom stereocenters. The lowest BCUT2D eigenvalue weighted by molar-refractivity contribution is -0.107. The van der Waals surface area contributed by atoms with E-state index in [9.17, 15) is 4.79 Å². The Kier molecular flexibility index (Phi) is 3.95. The highest BCUT2D eigenvalue weighted by molar-refractivity contribution is 5.94. The van der Waals surface area contributed by atoms with Gasteiger partial charge in [0.2, 0.25) is 0 Å². The van der Waals surface area contributed by atoms with Crippen molar-refractivity contribution in [2.45, 2.75) is 40.0 Å². The van der Waals surface area contributed by atoms with Gasteiger partial charge in [0, 0.05) is 43.9 Å². The zero-order chi connectivity index (χ0) is 16.8. The second kappa shape index (κ2) is 5.55. The predicted molar refractivity (Wildman–Crippen MR) is 88.2 cm³/mol. The molecule has 0 N–H and O–H groups in total. The summed E-state index contributed by atoms with van der Waals surface area (Å²) in [6.07, 6.45) is 4.45. The third kappa shape index (κ3) is 2.65. The number of fused-ring (bicyclic) bond motifs is 1. The van der Waals surface area contributed by atoms with Crippen molar-refractivity contribution in [3.8, 4) is 0 Å². The van der Waals surface area contributed by atoms with Gasteiger partial charge in [-0.1, -0.05) is 27.7 Å². The molecule has 1 amide bonds. The predicted octanol–water partition coefficient (Wildman–Crippen LogP) is 2.73. The Morgan fingerprint density at radius 1 is 1.39 bits per heavy atom. The molecule has 0 spiro atoms. The summed E-state index contributed by atoms with van der Waals surface area (Å²) < 4.78 is 5.46. The van der Waals surface area contributed by atoms with Crippen molar-refractivity contribution in [2.75, 3.05) is 26.8 Å². The van der Waals surface area contributed by atoms with Gasteiger partial charge < -0.3 is 9.64 Å². The van der Waals surface area contributed by atoms with Gasteiger partial charge in [-0.05, 0) is 17.8 Å². The highest BCUT2D eigenvalue weighted by Gasteiger charge is 2.63. The van der Waals surface area contributed by atoms with Crippen LogP contribution in [0.3, 0.4) is 0 Å². The Bertz CT molecular complexity index is 597. The Morgan fingerprint density at radius 3 is 2.57 bits per heavy atom. The van der Waals surface area contributed by atoms with E-state index in [0.717, 1.165) is 31.9 Å². The van der Waals surface area contributed by atoms with E-state index in [1.54, 1.807) is 19.5 Å². The van der Waals surface area contributed by atoms with E-state index in [0.29, 0.717) is 11.5 Å². The Morgan fingerprint density at radius 2 is 2.04 bits per heavy atom. The van der Waals surface area contributed by atoms with Crippen LogP contribution in [0.5, 0.6) is 0 Å². The van der Waals surface area contributed by atoms with Crippen molar-refractivity contribution in [1.82, 2.24) is 14.9 Å². The number of ether oxygens (including phenoxy) is 1. The third-order valence-electron chi connectivity index (χ3n) is 5.55. The molecule has 2 heterocycles. The average molecular weight is 317 g/mol. The normalized spacial score (nSPS) is 28.6. The van der Waals surface area contributed by atoms with Crippen molar-refractivity contribution in [2.24, 2.45) is 16.7 Å². The molecule has 3 rings (SSSR count). The fraction of sp³-hybridized carbons (Fsp3) is 0.722. The topological polar surface area (TPSA) is 55.3 Å². The second-order valence-electron chi connectivity index (χ2n) is 8.18. The smallest absolute Gasteiger partial charge is 0.257 e. The molecule has 5 heteroatoms. The van der Waals surface area contributed by atoms with E-state index in [1.807, 2.05) is 18.7 Å². The van der Waals surface area contributed by atoms with Crippen molar-refractivity contribution in [3.63, 3.8) is 0 Å². The van der Waals surface area contributed by atoms with Crippen LogP contribution in [0.25, 0.3) is 0 Å². The van der Waals surface area contributed by atoms with Crippen molar-refractivity contribution in [3.05, 3.63) is 23.8 Å². The molecule has 23 heavy (non-hydrogen) atoms. The minimum Gasteiger partial charge on any atom is -0.384 e. The third-order valence-corrected chi connectivity index (χ3v) is 5.55. The fourth-order valence-corrected chi connectivity index (χ4v) is 4.69. The second-order valence-corrected chi connectivity index (χ2v) is 8.18. The van der Waals surface area contributed by atoms with Crippen LogP contribution in [0, 0.1) is 16.7 Å². The molecule has 0 bridgehead atoms. The number of hydrogen-bond acceptors (Lipinski definition) is 4. The quantitative estimate of drug-likeness (QED) is 0.857. The van der Waals surface area contributed by atoms with Crippen LogP contribution < -0.4 is 0 Å². The Labute approximate surface area is 138 Å². The van der Waals surface area contributed by atoms with E-state index in [2.05, 4.69) is 23.8 Å². The van der Waals surface area contributed by atoms with Crippen molar-refractivity contribution < 1.29 is 9.53 Å². The van der Waals surface area contributed by atoms with Gasteiger partial charge in [0.1, 0.15) is 5.82 Å². The lowest BCUT2D eigenvalue weighted by atomic mass is 9.48. The molecule has 1 aromatic rings. The largest absolute Gasteiger partial charge is 0.384 e. The van der Waals surface area contributed by atoms with Crippen molar-refractivity contribution >= 4 is 5.91 Å². The number of methoxy groups -OCH3 is 1. The van der Waals surface area contributed by atoms with E-state index in [1.165, 1.54) is 0 Å². The molecule has 0 aromatic carbocycles. The number of nitrogens with zero attached hydrogens (tertiary/aromatic N) is 3. The molecule has 1 aliphatic heterocycles. The number of likely N-dealkylation sites (tertiary alicyclic amines) is 1. The van der Waals surface area contributed by atoms with E-state index in [-0.39, 0.29) is 22.7 Å². The number of aromatic nitrogens is 2. The molecule has 1 aliphatic carbocycles. The Hall–Kier alpha value is -1.49. The molecular weight excluding hydrogens is 290 g/mol. The molecule has 1 aromatic heterocycles. The first-order valence-corrected chi connectivity index (χ1v) is 8.39. The summed E-state index contributed by atoms with van der Waals surface area (Å²) >= 11 is 0. The maximum atomic E-state index is 12.8. The van der Waals surface area contributed by atoms with Crippen LogP contribution in [0.15, 0.2) is 12.4 Å². The monoisotopic (exact) mass is 317 g/mol. The maximum absolute atomic E-state index is 12.8. The van der Waals surface area contributed by atoms with Gasteiger partial charge in [-0.2, -0.15) is 0 Å². The van der Waals surface area contributed by atoms with Crippen LogP contribution in [0.2, 0.25) is 0 Å². The fourth-order valence-electron chi connectivity index (χ4n) is 4.69. The molecule has 1 saturated heterocycles. The van der Waals surface area contributed by atoms with Gasteiger partial charge in [-0.3, -0.25) is 4.79 Å². The number of amides is 1. The van der Waals surface area contributed by atoms with Crippen LogP contribution in [0.4, 0.5) is 0 Å². The van der Waals surface area contributed by atoms with Gasteiger partial charge in [-0.15, -0.1) is 0 Å². The molecule has 2 fully saturated rings. The van der Waals surface area contributed by atoms with E-state index in [4.69, 9.17) is 4.74 Å². The molecule has 1 saturated carbocycles. The highest BCUT2D eigenvalue weighted by atomic mass is 16.5. The highest BCUT2D eigenvalue weighted by Crippen LogP contribution is 2.62. The molecule has 2 atom stereocenters. The SMILES string of the molecule is COC[C@@]12CN(C(=O)c3cnc(C(C)C)nc3)C[C@@H]1C(C)(C)C2. The average Bonchev–Trinajstić information content (AvgIpc) is 2.82.